The molecule has 1 amide bonds. The minimum Gasteiger partial charge on any atom is -0.355 e. The van der Waals surface area contributed by atoms with Gasteiger partial charge in [-0.05, 0) is 32.2 Å². The second kappa shape index (κ2) is 6.53. The number of thiophene rings is 1. The van der Waals surface area contributed by atoms with Crippen LogP contribution in [0.1, 0.15) is 45.9 Å². The van der Waals surface area contributed by atoms with Crippen molar-refractivity contribution in [2.75, 3.05) is 13.1 Å². The lowest BCUT2D eigenvalue weighted by atomic mass is 9.91. The van der Waals surface area contributed by atoms with Crippen LogP contribution >= 0.6 is 11.3 Å². The van der Waals surface area contributed by atoms with E-state index in [1.54, 1.807) is 11.3 Å². The number of hydrogen-bond donors (Lipinski definition) is 2. The molecule has 1 heterocycles. The molecule has 1 rings (SSSR count). The van der Waals surface area contributed by atoms with E-state index in [1.165, 1.54) is 4.88 Å². The fourth-order valence-electron chi connectivity index (χ4n) is 1.71. The first kappa shape index (κ1) is 16.2. The van der Waals surface area contributed by atoms with Gasteiger partial charge in [0.25, 0.3) is 0 Å². The minimum absolute atomic E-state index is 0.00127. The molecule has 0 aliphatic heterocycles. The molecule has 4 heteroatoms. The van der Waals surface area contributed by atoms with E-state index in [1.807, 2.05) is 0 Å². The van der Waals surface area contributed by atoms with Crippen molar-refractivity contribution in [2.24, 2.45) is 0 Å². The molecule has 0 aliphatic carbocycles. The summed E-state index contributed by atoms with van der Waals surface area (Å²) >= 11 is 1.74. The molecule has 0 fully saturated rings. The van der Waals surface area contributed by atoms with Gasteiger partial charge in [0.2, 0.25) is 5.91 Å². The minimum atomic E-state index is 0.00127. The second-order valence-corrected chi connectivity index (χ2v) is 7.51. The summed E-state index contributed by atoms with van der Waals surface area (Å²) in [6.45, 7) is 12.0. The van der Waals surface area contributed by atoms with E-state index in [0.29, 0.717) is 13.0 Å². The number of amides is 1. The van der Waals surface area contributed by atoms with Crippen molar-refractivity contribution in [3.63, 3.8) is 0 Å². The molecule has 0 spiro atoms. The Morgan fingerprint density at radius 1 is 1.26 bits per heavy atom. The van der Waals surface area contributed by atoms with Crippen LogP contribution < -0.4 is 10.6 Å². The highest BCUT2D eigenvalue weighted by atomic mass is 32.1. The van der Waals surface area contributed by atoms with E-state index in [-0.39, 0.29) is 16.9 Å². The highest BCUT2D eigenvalue weighted by molar-refractivity contribution is 7.10. The summed E-state index contributed by atoms with van der Waals surface area (Å²) in [6.07, 6.45) is 0.526. The van der Waals surface area contributed by atoms with E-state index in [0.717, 1.165) is 6.54 Å². The van der Waals surface area contributed by atoms with Gasteiger partial charge in [-0.1, -0.05) is 19.9 Å². The Kier molecular flexibility index (Phi) is 5.56. The lowest BCUT2D eigenvalue weighted by Crippen LogP contribution is -2.40. The predicted molar refractivity (Wildman–Crippen MR) is 82.7 cm³/mol. The maximum atomic E-state index is 11.8. The normalized spacial score (nSPS) is 12.5. The van der Waals surface area contributed by atoms with Crippen LogP contribution in [0.25, 0.3) is 0 Å². The Labute approximate surface area is 120 Å². The Bertz CT molecular complexity index is 391. The first-order valence-electron chi connectivity index (χ1n) is 6.76. The van der Waals surface area contributed by atoms with Gasteiger partial charge in [-0.2, -0.15) is 0 Å². The van der Waals surface area contributed by atoms with Crippen LogP contribution in [0.5, 0.6) is 0 Å². The molecule has 0 saturated carbocycles. The van der Waals surface area contributed by atoms with Crippen LogP contribution in [0.2, 0.25) is 0 Å². The third-order valence-corrected chi connectivity index (χ3v) is 4.16. The van der Waals surface area contributed by atoms with E-state index < -0.39 is 0 Å². The van der Waals surface area contributed by atoms with Gasteiger partial charge in [-0.25, -0.2) is 0 Å². The van der Waals surface area contributed by atoms with E-state index in [2.05, 4.69) is 62.8 Å². The van der Waals surface area contributed by atoms with Gasteiger partial charge in [0.05, 0.1) is 0 Å². The first-order chi connectivity index (χ1) is 8.71. The molecule has 108 valence electrons. The van der Waals surface area contributed by atoms with Gasteiger partial charge in [0.15, 0.2) is 0 Å². The lowest BCUT2D eigenvalue weighted by molar-refractivity contribution is -0.121. The van der Waals surface area contributed by atoms with Gasteiger partial charge < -0.3 is 10.6 Å². The first-order valence-corrected chi connectivity index (χ1v) is 7.64. The summed E-state index contributed by atoms with van der Waals surface area (Å²) < 4.78 is 0. The third-order valence-electron chi connectivity index (χ3n) is 2.92. The van der Waals surface area contributed by atoms with E-state index in [9.17, 15) is 4.79 Å². The van der Waals surface area contributed by atoms with Gasteiger partial charge in [0, 0.05) is 35.3 Å². The molecule has 2 N–H and O–H groups in total. The van der Waals surface area contributed by atoms with Crippen molar-refractivity contribution >= 4 is 17.2 Å². The monoisotopic (exact) mass is 282 g/mol. The number of hydrogen-bond acceptors (Lipinski definition) is 3. The number of carbonyl (C=O) groups is 1. The molecule has 3 nitrogen and oxygen atoms in total. The predicted octanol–water partition coefficient (Wildman–Crippen LogP) is 2.92. The quantitative estimate of drug-likeness (QED) is 0.842. The second-order valence-electron chi connectivity index (χ2n) is 6.56. The summed E-state index contributed by atoms with van der Waals surface area (Å²) in [4.78, 5) is 13.1. The zero-order valence-corrected chi connectivity index (χ0v) is 13.5. The summed E-state index contributed by atoms with van der Waals surface area (Å²) in [5.41, 5.74) is 0.0673. The Morgan fingerprint density at radius 2 is 1.95 bits per heavy atom. The molecule has 0 radical (unpaired) electrons. The molecule has 1 aromatic heterocycles. The van der Waals surface area contributed by atoms with Crippen LogP contribution in [0.3, 0.4) is 0 Å². The Balaban J connectivity index is 2.30. The highest BCUT2D eigenvalue weighted by Crippen LogP contribution is 2.26. The molecule has 0 atom stereocenters. The van der Waals surface area contributed by atoms with Crippen LogP contribution in [0.15, 0.2) is 17.5 Å². The topological polar surface area (TPSA) is 41.1 Å². The number of nitrogens with one attached hydrogen (secondary N) is 2. The fraction of sp³-hybridized carbons (Fsp3) is 0.667. The van der Waals surface area contributed by atoms with Crippen molar-refractivity contribution in [3.8, 4) is 0 Å². The molecule has 0 aromatic carbocycles. The number of carbonyl (C=O) groups excluding carboxylic acids is 1. The smallest absolute Gasteiger partial charge is 0.221 e. The molecular formula is C15H26N2OS. The van der Waals surface area contributed by atoms with Crippen molar-refractivity contribution in [1.29, 1.82) is 0 Å². The molecule has 0 unspecified atom stereocenters. The highest BCUT2D eigenvalue weighted by Gasteiger charge is 2.22. The van der Waals surface area contributed by atoms with Gasteiger partial charge in [0.1, 0.15) is 0 Å². The largest absolute Gasteiger partial charge is 0.355 e. The summed E-state index contributed by atoms with van der Waals surface area (Å²) in [7, 11) is 0. The van der Waals surface area contributed by atoms with Crippen LogP contribution in [0, 0.1) is 0 Å². The van der Waals surface area contributed by atoms with Crippen molar-refractivity contribution < 1.29 is 4.79 Å². The maximum absolute atomic E-state index is 11.8. The van der Waals surface area contributed by atoms with E-state index >= 15 is 0 Å². The Hall–Kier alpha value is -0.870. The molecule has 0 aliphatic rings. The van der Waals surface area contributed by atoms with Crippen molar-refractivity contribution in [3.05, 3.63) is 22.4 Å². The van der Waals surface area contributed by atoms with Gasteiger partial charge in [-0.15, -0.1) is 11.3 Å². The summed E-state index contributed by atoms with van der Waals surface area (Å²) in [6, 6.07) is 4.18. The molecular weight excluding hydrogens is 256 g/mol. The average molecular weight is 282 g/mol. The summed E-state index contributed by atoms with van der Waals surface area (Å²) in [5, 5.41) is 8.42. The van der Waals surface area contributed by atoms with Crippen molar-refractivity contribution in [2.45, 2.75) is 52.0 Å². The van der Waals surface area contributed by atoms with Crippen LogP contribution in [0.4, 0.5) is 0 Å². The molecule has 1 aromatic rings. The zero-order chi connectivity index (χ0) is 14.5. The summed E-state index contributed by atoms with van der Waals surface area (Å²) in [5.74, 6) is 0.112. The van der Waals surface area contributed by atoms with Crippen molar-refractivity contribution in [1.82, 2.24) is 10.6 Å². The average Bonchev–Trinajstić information content (AvgIpc) is 2.78. The lowest BCUT2D eigenvalue weighted by Gasteiger charge is -2.24. The Morgan fingerprint density at radius 3 is 2.47 bits per heavy atom. The zero-order valence-electron chi connectivity index (χ0n) is 12.7. The van der Waals surface area contributed by atoms with Gasteiger partial charge >= 0.3 is 0 Å². The van der Waals surface area contributed by atoms with Gasteiger partial charge in [-0.3, -0.25) is 4.79 Å². The molecule has 19 heavy (non-hydrogen) atoms. The van der Waals surface area contributed by atoms with Crippen LogP contribution in [-0.2, 0) is 10.2 Å². The van der Waals surface area contributed by atoms with E-state index in [4.69, 9.17) is 0 Å². The fourth-order valence-corrected chi connectivity index (χ4v) is 2.56. The molecule has 0 saturated heterocycles. The van der Waals surface area contributed by atoms with Crippen LogP contribution in [-0.4, -0.2) is 24.5 Å². The standard InChI is InChI=1S/C15H26N2OS/c1-14(2,3)17-9-8-13(18)16-11-15(4,5)12-7-6-10-19-12/h6-7,10,17H,8-9,11H2,1-5H3,(H,16,18). The SMILES string of the molecule is CC(C)(C)NCCC(=O)NCC(C)(C)c1cccs1. The third kappa shape index (κ3) is 6.21. The number of rotatable bonds is 6. The molecule has 0 bridgehead atoms. The maximum Gasteiger partial charge on any atom is 0.221 e.